The van der Waals surface area contributed by atoms with E-state index in [0.29, 0.717) is 10.8 Å². The maximum atomic E-state index is 11.1. The Morgan fingerprint density at radius 2 is 2.14 bits per heavy atom. The van der Waals surface area contributed by atoms with E-state index in [1.807, 2.05) is 32.9 Å². The van der Waals surface area contributed by atoms with Crippen molar-refractivity contribution < 1.29 is 9.90 Å². The molecule has 0 amide bonds. The van der Waals surface area contributed by atoms with Gasteiger partial charge in [0.1, 0.15) is 0 Å². The standard InChI is InChI=1S/C14H17ClN4O2/c1-8(2)12(7-13(20)21)19-14(16-17-18-19)10-5-4-6-11(15)9(10)3/h4-6,8,12H,7H2,1-3H3,(H,20,21). The molecule has 0 radical (unpaired) electrons. The number of carboxylic acid groups (broad SMARTS) is 1. The molecule has 0 spiro atoms. The first kappa shape index (κ1) is 15.4. The monoisotopic (exact) mass is 308 g/mol. The Morgan fingerprint density at radius 1 is 1.43 bits per heavy atom. The van der Waals surface area contributed by atoms with Gasteiger partial charge >= 0.3 is 5.97 Å². The zero-order valence-corrected chi connectivity index (χ0v) is 12.9. The Labute approximate surface area is 127 Å². The van der Waals surface area contributed by atoms with Crippen LogP contribution in [-0.2, 0) is 4.79 Å². The van der Waals surface area contributed by atoms with Crippen molar-refractivity contribution in [2.45, 2.75) is 33.2 Å². The smallest absolute Gasteiger partial charge is 0.305 e. The normalized spacial score (nSPS) is 12.6. The molecule has 6 nitrogen and oxygen atoms in total. The van der Waals surface area contributed by atoms with Crippen molar-refractivity contribution >= 4 is 17.6 Å². The van der Waals surface area contributed by atoms with Crippen LogP contribution in [0, 0.1) is 12.8 Å². The number of aromatic nitrogens is 4. The number of hydrogen-bond donors (Lipinski definition) is 1. The third kappa shape index (κ3) is 3.21. The van der Waals surface area contributed by atoms with Crippen LogP contribution in [0.4, 0.5) is 0 Å². The minimum Gasteiger partial charge on any atom is -0.481 e. The van der Waals surface area contributed by atoms with Crippen molar-refractivity contribution in [1.82, 2.24) is 20.2 Å². The highest BCUT2D eigenvalue weighted by molar-refractivity contribution is 6.31. The summed E-state index contributed by atoms with van der Waals surface area (Å²) < 4.78 is 1.58. The molecule has 1 aromatic carbocycles. The first-order chi connectivity index (χ1) is 9.91. The molecule has 112 valence electrons. The highest BCUT2D eigenvalue weighted by Gasteiger charge is 2.25. The van der Waals surface area contributed by atoms with Crippen molar-refractivity contribution in [2.24, 2.45) is 5.92 Å². The van der Waals surface area contributed by atoms with Gasteiger partial charge in [-0.05, 0) is 34.9 Å². The average molecular weight is 309 g/mol. The van der Waals surface area contributed by atoms with Crippen molar-refractivity contribution in [2.75, 3.05) is 0 Å². The van der Waals surface area contributed by atoms with Gasteiger partial charge in [-0.1, -0.05) is 37.6 Å². The average Bonchev–Trinajstić information content (AvgIpc) is 2.87. The van der Waals surface area contributed by atoms with E-state index in [4.69, 9.17) is 16.7 Å². The summed E-state index contributed by atoms with van der Waals surface area (Å²) in [4.78, 5) is 11.1. The third-order valence-corrected chi connectivity index (χ3v) is 3.88. The lowest BCUT2D eigenvalue weighted by molar-refractivity contribution is -0.138. The minimum absolute atomic E-state index is 0.0324. The molecule has 0 fully saturated rings. The quantitative estimate of drug-likeness (QED) is 0.918. The van der Waals surface area contributed by atoms with Gasteiger partial charge in [0.05, 0.1) is 12.5 Å². The van der Waals surface area contributed by atoms with E-state index in [9.17, 15) is 4.79 Å². The zero-order valence-electron chi connectivity index (χ0n) is 12.1. The molecule has 1 N–H and O–H groups in total. The molecular weight excluding hydrogens is 292 g/mol. The second-order valence-corrected chi connectivity index (χ2v) is 5.68. The fourth-order valence-electron chi connectivity index (χ4n) is 2.23. The second-order valence-electron chi connectivity index (χ2n) is 5.27. The van der Waals surface area contributed by atoms with E-state index in [0.717, 1.165) is 11.1 Å². The number of benzene rings is 1. The zero-order chi connectivity index (χ0) is 15.6. The fourth-order valence-corrected chi connectivity index (χ4v) is 2.40. The van der Waals surface area contributed by atoms with Gasteiger partial charge in [-0.25, -0.2) is 4.68 Å². The summed E-state index contributed by atoms with van der Waals surface area (Å²) in [7, 11) is 0. The van der Waals surface area contributed by atoms with Gasteiger partial charge in [0, 0.05) is 10.6 Å². The number of carbonyl (C=O) groups is 1. The van der Waals surface area contributed by atoms with E-state index in [-0.39, 0.29) is 18.4 Å². The highest BCUT2D eigenvalue weighted by atomic mass is 35.5. The van der Waals surface area contributed by atoms with Crippen LogP contribution in [-0.4, -0.2) is 31.3 Å². The van der Waals surface area contributed by atoms with Crippen molar-refractivity contribution in [1.29, 1.82) is 0 Å². The maximum Gasteiger partial charge on any atom is 0.305 e. The molecule has 0 saturated heterocycles. The Hall–Kier alpha value is -1.95. The van der Waals surface area contributed by atoms with Gasteiger partial charge in [0.25, 0.3) is 0 Å². The number of hydrogen-bond acceptors (Lipinski definition) is 4. The van der Waals surface area contributed by atoms with Crippen molar-refractivity contribution in [3.8, 4) is 11.4 Å². The van der Waals surface area contributed by atoms with E-state index < -0.39 is 5.97 Å². The molecule has 0 saturated carbocycles. The lowest BCUT2D eigenvalue weighted by Gasteiger charge is -2.20. The topological polar surface area (TPSA) is 80.9 Å². The number of halogens is 1. The first-order valence-electron chi connectivity index (χ1n) is 6.67. The van der Waals surface area contributed by atoms with Crippen molar-refractivity contribution in [3.05, 3.63) is 28.8 Å². The van der Waals surface area contributed by atoms with Crippen LogP contribution in [0.15, 0.2) is 18.2 Å². The molecule has 0 aliphatic carbocycles. The largest absolute Gasteiger partial charge is 0.481 e. The number of aliphatic carboxylic acids is 1. The number of carboxylic acids is 1. The van der Waals surface area contributed by atoms with Crippen molar-refractivity contribution in [3.63, 3.8) is 0 Å². The molecule has 1 aromatic heterocycles. The predicted molar refractivity (Wildman–Crippen MR) is 79.1 cm³/mol. The lowest BCUT2D eigenvalue weighted by atomic mass is 10.00. The predicted octanol–water partition coefficient (Wildman–Crippen LogP) is 2.97. The molecule has 2 aromatic rings. The van der Waals surface area contributed by atoms with Gasteiger partial charge in [-0.3, -0.25) is 4.79 Å². The number of tetrazole rings is 1. The SMILES string of the molecule is Cc1c(Cl)cccc1-c1nnnn1C(CC(=O)O)C(C)C. The van der Waals surface area contributed by atoms with Crippen LogP contribution >= 0.6 is 11.6 Å². The molecule has 0 aliphatic rings. The molecule has 0 bridgehead atoms. The number of nitrogens with zero attached hydrogens (tertiary/aromatic N) is 4. The lowest BCUT2D eigenvalue weighted by Crippen LogP contribution is -2.21. The van der Waals surface area contributed by atoms with Gasteiger partial charge < -0.3 is 5.11 Å². The minimum atomic E-state index is -0.877. The van der Waals surface area contributed by atoms with Gasteiger partial charge in [-0.2, -0.15) is 0 Å². The molecule has 21 heavy (non-hydrogen) atoms. The van der Waals surface area contributed by atoms with Crippen LogP contribution in [0.25, 0.3) is 11.4 Å². The summed E-state index contributed by atoms with van der Waals surface area (Å²) >= 11 is 6.14. The molecule has 7 heteroatoms. The van der Waals surface area contributed by atoms with Crippen LogP contribution in [0.3, 0.4) is 0 Å². The van der Waals surface area contributed by atoms with Crippen LogP contribution in [0.1, 0.15) is 31.9 Å². The van der Waals surface area contributed by atoms with E-state index >= 15 is 0 Å². The Bertz CT molecular complexity index is 654. The molecule has 2 rings (SSSR count). The van der Waals surface area contributed by atoms with E-state index in [1.165, 1.54) is 0 Å². The number of rotatable bonds is 5. The first-order valence-corrected chi connectivity index (χ1v) is 7.04. The maximum absolute atomic E-state index is 11.1. The van der Waals surface area contributed by atoms with Crippen LogP contribution in [0.2, 0.25) is 5.02 Å². The highest BCUT2D eigenvalue weighted by Crippen LogP contribution is 2.30. The van der Waals surface area contributed by atoms with Crippen LogP contribution in [0.5, 0.6) is 0 Å². The Kier molecular flexibility index (Phi) is 4.57. The molecular formula is C14H17ClN4O2. The van der Waals surface area contributed by atoms with Gasteiger partial charge in [0.2, 0.25) is 0 Å². The summed E-state index contributed by atoms with van der Waals surface area (Å²) in [6, 6.07) is 5.18. The fraction of sp³-hybridized carbons (Fsp3) is 0.429. The van der Waals surface area contributed by atoms with E-state index in [1.54, 1.807) is 10.7 Å². The van der Waals surface area contributed by atoms with Gasteiger partial charge in [0.15, 0.2) is 5.82 Å². The van der Waals surface area contributed by atoms with Gasteiger partial charge in [-0.15, -0.1) is 5.10 Å². The summed E-state index contributed by atoms with van der Waals surface area (Å²) in [6.45, 7) is 5.78. The second kappa shape index (κ2) is 6.22. The Balaban J connectivity index is 2.51. The molecule has 1 atom stereocenters. The molecule has 0 aliphatic heterocycles. The molecule has 1 unspecified atom stereocenters. The summed E-state index contributed by atoms with van der Waals surface area (Å²) in [6.07, 6.45) is -0.0324. The summed E-state index contributed by atoms with van der Waals surface area (Å²) in [5.74, 6) is -0.254. The Morgan fingerprint density at radius 3 is 2.76 bits per heavy atom. The van der Waals surface area contributed by atoms with E-state index in [2.05, 4.69) is 15.5 Å². The summed E-state index contributed by atoms with van der Waals surface area (Å²) in [5.41, 5.74) is 1.68. The summed E-state index contributed by atoms with van der Waals surface area (Å²) in [5, 5.41) is 21.5. The molecule has 1 heterocycles. The van der Waals surface area contributed by atoms with Crippen LogP contribution < -0.4 is 0 Å². The third-order valence-electron chi connectivity index (χ3n) is 3.47.